The van der Waals surface area contributed by atoms with Crippen molar-refractivity contribution in [3.63, 3.8) is 0 Å². The van der Waals surface area contributed by atoms with Crippen molar-refractivity contribution in [1.29, 1.82) is 0 Å². The van der Waals surface area contributed by atoms with E-state index < -0.39 is 23.1 Å². The third-order valence-electron chi connectivity index (χ3n) is 4.29. The summed E-state index contributed by atoms with van der Waals surface area (Å²) in [6.45, 7) is 0.107. The molecule has 31 heavy (non-hydrogen) atoms. The second-order valence-electron chi connectivity index (χ2n) is 6.46. The number of hydrogen-bond donors (Lipinski definition) is 1. The number of nitrogens with zero attached hydrogens (tertiary/aromatic N) is 4. The van der Waals surface area contributed by atoms with Crippen LogP contribution in [0.3, 0.4) is 0 Å². The minimum atomic E-state index is -0.548. The van der Waals surface area contributed by atoms with Crippen LogP contribution >= 0.6 is 11.8 Å². The van der Waals surface area contributed by atoms with E-state index in [0.29, 0.717) is 5.56 Å². The molecule has 0 radical (unpaired) electrons. The highest BCUT2D eigenvalue weighted by Crippen LogP contribution is 2.19. The zero-order valence-corrected chi connectivity index (χ0v) is 16.8. The number of thioether (sulfide) groups is 1. The minimum absolute atomic E-state index is 0.0640. The molecule has 156 valence electrons. The Morgan fingerprint density at radius 2 is 1.77 bits per heavy atom. The van der Waals surface area contributed by atoms with Crippen LogP contribution in [0.15, 0.2) is 70.9 Å². The van der Waals surface area contributed by atoms with Gasteiger partial charge in [0.15, 0.2) is 16.3 Å². The summed E-state index contributed by atoms with van der Waals surface area (Å²) in [7, 11) is 0. The van der Waals surface area contributed by atoms with E-state index in [1.165, 1.54) is 47.3 Å². The molecule has 0 saturated heterocycles. The first-order valence-electron chi connectivity index (χ1n) is 9.14. The summed E-state index contributed by atoms with van der Waals surface area (Å²) in [5.41, 5.74) is 0.546. The van der Waals surface area contributed by atoms with Gasteiger partial charge >= 0.3 is 0 Å². The molecular formula is C21H15F2N5O2S. The van der Waals surface area contributed by atoms with Crippen molar-refractivity contribution in [2.45, 2.75) is 11.7 Å². The second-order valence-corrected chi connectivity index (χ2v) is 7.40. The molecule has 2 heterocycles. The molecule has 10 heteroatoms. The monoisotopic (exact) mass is 439 g/mol. The maximum absolute atomic E-state index is 13.8. The number of para-hydroxylation sites is 1. The van der Waals surface area contributed by atoms with Crippen LogP contribution in [0, 0.1) is 11.6 Å². The standard InChI is InChI=1S/C21H15F2N5O2S/c22-14-7-5-13(6-8-14)11-28-20(30)18-19(25-10-9-24-18)27-21(28)31-12-17(29)26-16-4-2-1-3-15(16)23/h1-10H,11-12H2,(H,26,29). The van der Waals surface area contributed by atoms with Gasteiger partial charge in [-0.1, -0.05) is 36.0 Å². The summed E-state index contributed by atoms with van der Waals surface area (Å²) < 4.78 is 28.3. The first-order valence-corrected chi connectivity index (χ1v) is 10.1. The highest BCUT2D eigenvalue weighted by molar-refractivity contribution is 7.99. The topological polar surface area (TPSA) is 89.8 Å². The average Bonchev–Trinajstić information content (AvgIpc) is 2.77. The third kappa shape index (κ3) is 4.75. The van der Waals surface area contributed by atoms with E-state index >= 15 is 0 Å². The molecule has 0 saturated carbocycles. The molecular weight excluding hydrogens is 424 g/mol. The van der Waals surface area contributed by atoms with Crippen molar-refractivity contribution in [3.8, 4) is 0 Å². The summed E-state index contributed by atoms with van der Waals surface area (Å²) in [4.78, 5) is 37.8. The molecule has 0 aliphatic carbocycles. The number of rotatable bonds is 6. The molecule has 0 spiro atoms. The number of halogens is 2. The molecule has 0 aliphatic rings. The van der Waals surface area contributed by atoms with Crippen molar-refractivity contribution < 1.29 is 13.6 Å². The highest BCUT2D eigenvalue weighted by Gasteiger charge is 2.16. The molecule has 0 atom stereocenters. The molecule has 7 nitrogen and oxygen atoms in total. The van der Waals surface area contributed by atoms with Gasteiger partial charge in [-0.25, -0.2) is 23.7 Å². The summed E-state index contributed by atoms with van der Waals surface area (Å²) in [5, 5.41) is 2.73. The molecule has 1 amide bonds. The summed E-state index contributed by atoms with van der Waals surface area (Å²) in [6, 6.07) is 11.5. The Morgan fingerprint density at radius 3 is 2.55 bits per heavy atom. The molecule has 0 unspecified atom stereocenters. The fourth-order valence-electron chi connectivity index (χ4n) is 2.83. The number of benzene rings is 2. The van der Waals surface area contributed by atoms with Crippen LogP contribution in [-0.2, 0) is 11.3 Å². The molecule has 0 aliphatic heterocycles. The van der Waals surface area contributed by atoms with E-state index in [-0.39, 0.29) is 34.3 Å². The van der Waals surface area contributed by atoms with Gasteiger partial charge in [0.1, 0.15) is 11.6 Å². The lowest BCUT2D eigenvalue weighted by atomic mass is 10.2. The smallest absolute Gasteiger partial charge is 0.282 e. The van der Waals surface area contributed by atoms with E-state index in [9.17, 15) is 18.4 Å². The van der Waals surface area contributed by atoms with Gasteiger partial charge in [-0.2, -0.15) is 0 Å². The van der Waals surface area contributed by atoms with Crippen LogP contribution < -0.4 is 10.9 Å². The van der Waals surface area contributed by atoms with Crippen molar-refractivity contribution >= 4 is 34.5 Å². The molecule has 2 aromatic heterocycles. The average molecular weight is 439 g/mol. The lowest BCUT2D eigenvalue weighted by Crippen LogP contribution is -2.26. The van der Waals surface area contributed by atoms with Crippen molar-refractivity contribution in [1.82, 2.24) is 19.5 Å². The number of carbonyl (C=O) groups excluding carboxylic acids is 1. The van der Waals surface area contributed by atoms with Crippen LogP contribution in [0.5, 0.6) is 0 Å². The predicted octanol–water partition coefficient (Wildman–Crippen LogP) is 3.24. The molecule has 2 aromatic carbocycles. The number of carbonyl (C=O) groups is 1. The van der Waals surface area contributed by atoms with Gasteiger partial charge in [-0.05, 0) is 29.8 Å². The van der Waals surface area contributed by atoms with E-state index in [2.05, 4.69) is 20.3 Å². The Labute approximate surface area is 179 Å². The minimum Gasteiger partial charge on any atom is -0.323 e. The van der Waals surface area contributed by atoms with Gasteiger partial charge in [0.25, 0.3) is 5.56 Å². The first-order chi connectivity index (χ1) is 15.0. The summed E-state index contributed by atoms with van der Waals surface area (Å²) in [6.07, 6.45) is 2.81. The van der Waals surface area contributed by atoms with Crippen LogP contribution in [0.1, 0.15) is 5.56 Å². The SMILES string of the molecule is O=C(CSc1nc2nccnc2c(=O)n1Cc1ccc(F)cc1)Nc1ccccc1F. The third-order valence-corrected chi connectivity index (χ3v) is 5.27. The zero-order valence-electron chi connectivity index (χ0n) is 16.0. The predicted molar refractivity (Wildman–Crippen MR) is 113 cm³/mol. The van der Waals surface area contributed by atoms with E-state index in [0.717, 1.165) is 11.8 Å². The number of anilines is 1. The van der Waals surface area contributed by atoms with Gasteiger partial charge in [0.2, 0.25) is 5.91 Å². The normalized spacial score (nSPS) is 10.9. The fourth-order valence-corrected chi connectivity index (χ4v) is 3.62. The number of hydrogen-bond acceptors (Lipinski definition) is 6. The van der Waals surface area contributed by atoms with Crippen LogP contribution in [-0.4, -0.2) is 31.2 Å². The van der Waals surface area contributed by atoms with E-state index in [4.69, 9.17) is 0 Å². The Kier molecular flexibility index (Phi) is 5.99. The Morgan fingerprint density at radius 1 is 1.03 bits per heavy atom. The summed E-state index contributed by atoms with van der Waals surface area (Å²) in [5.74, 6) is -1.52. The Balaban J connectivity index is 1.62. The molecule has 4 rings (SSSR count). The fraction of sp³-hybridized carbons (Fsp3) is 0.0952. The number of fused-ring (bicyclic) bond motifs is 1. The van der Waals surface area contributed by atoms with Crippen LogP contribution in [0.4, 0.5) is 14.5 Å². The maximum atomic E-state index is 13.8. The quantitative estimate of drug-likeness (QED) is 0.367. The lowest BCUT2D eigenvalue weighted by Gasteiger charge is -2.13. The number of aromatic nitrogens is 4. The van der Waals surface area contributed by atoms with Crippen molar-refractivity contribution in [3.05, 3.63) is 88.5 Å². The molecule has 4 aromatic rings. The van der Waals surface area contributed by atoms with Gasteiger partial charge in [0.05, 0.1) is 18.0 Å². The van der Waals surface area contributed by atoms with Gasteiger partial charge in [0, 0.05) is 12.4 Å². The molecule has 0 fully saturated rings. The van der Waals surface area contributed by atoms with E-state index in [1.54, 1.807) is 18.2 Å². The van der Waals surface area contributed by atoms with Crippen LogP contribution in [0.2, 0.25) is 0 Å². The largest absolute Gasteiger partial charge is 0.323 e. The molecule has 0 bridgehead atoms. The first kappa shape index (κ1) is 20.6. The molecule has 1 N–H and O–H groups in total. The zero-order chi connectivity index (χ0) is 21.8. The maximum Gasteiger partial charge on any atom is 0.282 e. The van der Waals surface area contributed by atoms with Gasteiger partial charge in [-0.3, -0.25) is 14.2 Å². The Hall–Kier alpha value is -3.66. The van der Waals surface area contributed by atoms with Gasteiger partial charge in [-0.15, -0.1) is 0 Å². The number of nitrogens with one attached hydrogen (secondary N) is 1. The number of amides is 1. The second kappa shape index (κ2) is 9.00. The van der Waals surface area contributed by atoms with Crippen molar-refractivity contribution in [2.24, 2.45) is 0 Å². The van der Waals surface area contributed by atoms with Gasteiger partial charge < -0.3 is 5.32 Å². The van der Waals surface area contributed by atoms with Crippen molar-refractivity contribution in [2.75, 3.05) is 11.1 Å². The summed E-state index contributed by atoms with van der Waals surface area (Å²) >= 11 is 1.01. The van der Waals surface area contributed by atoms with E-state index in [1.807, 2.05) is 0 Å². The lowest BCUT2D eigenvalue weighted by molar-refractivity contribution is -0.113. The highest BCUT2D eigenvalue weighted by atomic mass is 32.2. The Bertz CT molecular complexity index is 1310. The van der Waals surface area contributed by atoms with Crippen LogP contribution in [0.25, 0.3) is 11.2 Å².